The van der Waals surface area contributed by atoms with Gasteiger partial charge in [0.15, 0.2) is 11.0 Å². The Balaban J connectivity index is 1.94. The van der Waals surface area contributed by atoms with Gasteiger partial charge >= 0.3 is 0 Å². The Bertz CT molecular complexity index is 1060. The van der Waals surface area contributed by atoms with Gasteiger partial charge in [0.1, 0.15) is 0 Å². The molecular weight excluding hydrogens is 380 g/mol. The molecule has 0 saturated carbocycles. The van der Waals surface area contributed by atoms with Gasteiger partial charge in [-0.15, -0.1) is 11.3 Å². The molecule has 0 fully saturated rings. The van der Waals surface area contributed by atoms with E-state index < -0.39 is 0 Å². The molecule has 0 spiro atoms. The Morgan fingerprint density at radius 3 is 2.93 bits per heavy atom. The van der Waals surface area contributed by atoms with E-state index in [-0.39, 0.29) is 5.91 Å². The third-order valence-electron chi connectivity index (χ3n) is 4.17. The molecule has 1 aromatic carbocycles. The fraction of sp³-hybridized carbons (Fsp3) is 0.278. The van der Waals surface area contributed by atoms with Crippen LogP contribution in [0.1, 0.15) is 36.5 Å². The summed E-state index contributed by atoms with van der Waals surface area (Å²) < 4.78 is 2.00. The Hall–Kier alpha value is -2.65. The Labute approximate surface area is 166 Å². The predicted octanol–water partition coefficient (Wildman–Crippen LogP) is 4.14. The number of carbonyl (C=O) groups excluding carboxylic acids is 1. The summed E-state index contributed by atoms with van der Waals surface area (Å²) in [6.07, 6.45) is 2.32. The summed E-state index contributed by atoms with van der Waals surface area (Å²) in [5.41, 5.74) is 3.66. The highest BCUT2D eigenvalue weighted by atomic mass is 32.1. The number of anilines is 2. The second-order valence-corrected chi connectivity index (χ2v) is 7.21. The highest BCUT2D eigenvalue weighted by Gasteiger charge is 2.20. The van der Waals surface area contributed by atoms with E-state index in [9.17, 15) is 4.79 Å². The van der Waals surface area contributed by atoms with Crippen LogP contribution in [0.25, 0.3) is 0 Å². The molecule has 7 nitrogen and oxygen atoms in total. The number of aryl methyl sites for hydroxylation is 2. The van der Waals surface area contributed by atoms with Crippen LogP contribution in [0.4, 0.5) is 10.8 Å². The van der Waals surface area contributed by atoms with E-state index in [4.69, 9.17) is 12.2 Å². The summed E-state index contributed by atoms with van der Waals surface area (Å²) in [5, 5.41) is 13.7. The molecule has 0 aliphatic carbocycles. The highest BCUT2D eigenvalue weighted by Crippen LogP contribution is 2.32. The average molecular weight is 401 g/mol. The van der Waals surface area contributed by atoms with Crippen molar-refractivity contribution < 1.29 is 4.79 Å². The fourth-order valence-electron chi connectivity index (χ4n) is 2.61. The molecule has 140 valence electrons. The van der Waals surface area contributed by atoms with Crippen LogP contribution in [0.3, 0.4) is 0 Å². The molecule has 0 aliphatic rings. The van der Waals surface area contributed by atoms with Crippen molar-refractivity contribution in [3.05, 3.63) is 51.0 Å². The number of aromatic nitrogens is 4. The second-order valence-electron chi connectivity index (χ2n) is 5.98. The maximum absolute atomic E-state index is 12.3. The molecule has 3 aromatic rings. The fourth-order valence-corrected chi connectivity index (χ4v) is 3.64. The van der Waals surface area contributed by atoms with Gasteiger partial charge in [0.05, 0.1) is 17.6 Å². The van der Waals surface area contributed by atoms with Crippen molar-refractivity contribution in [2.45, 2.75) is 34.1 Å². The average Bonchev–Trinajstić information content (AvgIpc) is 3.23. The standard InChI is InChI=1S/C18H20N6OS2/c1-5-16-21-22-17(26)24(16)19-9-14-10-27-18(20-14)23(13(4)25)15-8-6-7-11(2)12(15)3/h6-10H,5H2,1-4H3,(H,22,26)/b19-9-. The van der Waals surface area contributed by atoms with E-state index in [1.165, 1.54) is 18.3 Å². The van der Waals surface area contributed by atoms with Gasteiger partial charge in [0.25, 0.3) is 0 Å². The minimum atomic E-state index is -0.0909. The number of H-pyrrole nitrogens is 1. The number of hydrogen-bond donors (Lipinski definition) is 1. The van der Waals surface area contributed by atoms with E-state index in [0.29, 0.717) is 22.0 Å². The van der Waals surface area contributed by atoms with Gasteiger partial charge in [-0.1, -0.05) is 19.1 Å². The van der Waals surface area contributed by atoms with Gasteiger partial charge in [-0.25, -0.2) is 4.98 Å². The van der Waals surface area contributed by atoms with Crippen molar-refractivity contribution in [1.29, 1.82) is 0 Å². The minimum Gasteiger partial charge on any atom is -0.274 e. The van der Waals surface area contributed by atoms with Crippen molar-refractivity contribution in [2.24, 2.45) is 5.10 Å². The first-order chi connectivity index (χ1) is 12.9. The van der Waals surface area contributed by atoms with Gasteiger partial charge in [-0.05, 0) is 43.3 Å². The van der Waals surface area contributed by atoms with Crippen LogP contribution in [0.5, 0.6) is 0 Å². The molecule has 0 unspecified atom stereocenters. The molecule has 1 amide bonds. The van der Waals surface area contributed by atoms with Crippen molar-refractivity contribution in [1.82, 2.24) is 19.9 Å². The number of benzene rings is 1. The Morgan fingerprint density at radius 2 is 2.22 bits per heavy atom. The molecule has 1 N–H and O–H groups in total. The van der Waals surface area contributed by atoms with E-state index >= 15 is 0 Å². The quantitative estimate of drug-likeness (QED) is 0.516. The molecule has 9 heteroatoms. The predicted molar refractivity (Wildman–Crippen MR) is 111 cm³/mol. The summed E-state index contributed by atoms with van der Waals surface area (Å²) in [5.74, 6) is 0.652. The second kappa shape index (κ2) is 7.93. The van der Waals surface area contributed by atoms with Crippen LogP contribution in [0, 0.1) is 18.6 Å². The van der Waals surface area contributed by atoms with Gasteiger partial charge in [0.2, 0.25) is 10.7 Å². The Morgan fingerprint density at radius 1 is 1.44 bits per heavy atom. The van der Waals surface area contributed by atoms with Crippen LogP contribution in [-0.4, -0.2) is 32.0 Å². The number of hydrogen-bond acceptors (Lipinski definition) is 6. The lowest BCUT2D eigenvalue weighted by molar-refractivity contribution is -0.115. The van der Waals surface area contributed by atoms with E-state index in [1.54, 1.807) is 15.8 Å². The molecular formula is C18H20N6OS2. The molecule has 2 heterocycles. The summed E-state index contributed by atoms with van der Waals surface area (Å²) >= 11 is 6.58. The number of thiazole rings is 1. The highest BCUT2D eigenvalue weighted by molar-refractivity contribution is 7.71. The molecule has 0 atom stereocenters. The first kappa shape index (κ1) is 19.1. The third kappa shape index (κ3) is 3.88. The third-order valence-corrected chi connectivity index (χ3v) is 5.28. The number of nitrogens with zero attached hydrogens (tertiary/aromatic N) is 5. The number of carbonyl (C=O) groups is 1. The maximum Gasteiger partial charge on any atom is 0.230 e. The zero-order valence-corrected chi connectivity index (χ0v) is 17.2. The molecule has 2 aromatic heterocycles. The van der Waals surface area contributed by atoms with Crippen LogP contribution < -0.4 is 4.90 Å². The van der Waals surface area contributed by atoms with Gasteiger partial charge in [-0.3, -0.25) is 14.8 Å². The zero-order valence-electron chi connectivity index (χ0n) is 15.6. The topological polar surface area (TPSA) is 79.2 Å². The van der Waals surface area contributed by atoms with E-state index in [2.05, 4.69) is 20.3 Å². The Kier molecular flexibility index (Phi) is 5.62. The lowest BCUT2D eigenvalue weighted by atomic mass is 10.1. The maximum atomic E-state index is 12.3. The number of amides is 1. The van der Waals surface area contributed by atoms with Crippen molar-refractivity contribution in [3.8, 4) is 0 Å². The largest absolute Gasteiger partial charge is 0.274 e. The number of nitrogens with one attached hydrogen (secondary N) is 1. The van der Waals surface area contributed by atoms with Crippen LogP contribution in [0.15, 0.2) is 28.7 Å². The smallest absolute Gasteiger partial charge is 0.230 e. The number of aromatic amines is 1. The first-order valence-corrected chi connectivity index (χ1v) is 9.74. The summed E-state index contributed by atoms with van der Waals surface area (Å²) in [6.45, 7) is 7.54. The molecule has 0 saturated heterocycles. The molecule has 3 rings (SSSR count). The lowest BCUT2D eigenvalue weighted by Gasteiger charge is -2.21. The lowest BCUT2D eigenvalue weighted by Crippen LogP contribution is -2.23. The van der Waals surface area contributed by atoms with Crippen molar-refractivity contribution >= 4 is 46.5 Å². The van der Waals surface area contributed by atoms with Crippen LogP contribution >= 0.6 is 23.6 Å². The summed E-state index contributed by atoms with van der Waals surface area (Å²) in [4.78, 5) is 18.5. The van der Waals surface area contributed by atoms with E-state index in [0.717, 1.165) is 22.6 Å². The molecule has 0 aliphatic heterocycles. The molecule has 27 heavy (non-hydrogen) atoms. The monoisotopic (exact) mass is 400 g/mol. The van der Waals surface area contributed by atoms with Crippen LogP contribution in [-0.2, 0) is 11.2 Å². The number of rotatable bonds is 5. The van der Waals surface area contributed by atoms with Crippen molar-refractivity contribution in [2.75, 3.05) is 4.90 Å². The summed E-state index contributed by atoms with van der Waals surface area (Å²) in [6, 6.07) is 5.89. The SMILES string of the molecule is CCc1n[nH]c(=S)n1/N=C\c1csc(N(C(C)=O)c2cccc(C)c2C)n1. The van der Waals surface area contributed by atoms with E-state index in [1.807, 2.05) is 44.4 Å². The normalized spacial score (nSPS) is 11.3. The van der Waals surface area contributed by atoms with Gasteiger partial charge in [0, 0.05) is 18.7 Å². The van der Waals surface area contributed by atoms with Gasteiger partial charge < -0.3 is 0 Å². The minimum absolute atomic E-state index is 0.0909. The van der Waals surface area contributed by atoms with Crippen molar-refractivity contribution in [3.63, 3.8) is 0 Å². The molecule has 0 radical (unpaired) electrons. The van der Waals surface area contributed by atoms with Gasteiger partial charge in [-0.2, -0.15) is 14.9 Å². The first-order valence-electron chi connectivity index (χ1n) is 8.45. The zero-order chi connectivity index (χ0) is 19.6. The summed E-state index contributed by atoms with van der Waals surface area (Å²) in [7, 11) is 0. The van der Waals surface area contributed by atoms with Crippen LogP contribution in [0.2, 0.25) is 0 Å². The molecule has 0 bridgehead atoms.